The third-order valence-electron chi connectivity index (χ3n) is 6.14. The fourth-order valence-electron chi connectivity index (χ4n) is 4.19. The van der Waals surface area contributed by atoms with Gasteiger partial charge in [0, 0.05) is 35.2 Å². The Balaban J connectivity index is 1.82. The van der Waals surface area contributed by atoms with Crippen LogP contribution in [0.5, 0.6) is 0 Å². The number of anilines is 3. The van der Waals surface area contributed by atoms with E-state index in [1.807, 2.05) is 87.4 Å². The first kappa shape index (κ1) is 25.9. The molecule has 8 nitrogen and oxygen atoms in total. The summed E-state index contributed by atoms with van der Waals surface area (Å²) in [7, 11) is 3.94. The Labute approximate surface area is 217 Å². The maximum atomic E-state index is 13.1. The van der Waals surface area contributed by atoms with Gasteiger partial charge in [0.25, 0.3) is 5.91 Å². The molecular weight excluding hydrogens is 466 g/mol. The van der Waals surface area contributed by atoms with E-state index < -0.39 is 6.09 Å². The first-order valence-corrected chi connectivity index (χ1v) is 12.3. The second kappa shape index (κ2) is 11.3. The number of rotatable bonds is 8. The number of aromatic nitrogens is 1. The van der Waals surface area contributed by atoms with Gasteiger partial charge < -0.3 is 20.3 Å². The Morgan fingerprint density at radius 2 is 1.68 bits per heavy atom. The van der Waals surface area contributed by atoms with Crippen LogP contribution in [0.4, 0.5) is 21.9 Å². The molecule has 1 heterocycles. The number of pyridine rings is 1. The van der Waals surface area contributed by atoms with Crippen LogP contribution in [-0.4, -0.2) is 55.7 Å². The minimum absolute atomic E-state index is 0.157. The highest BCUT2D eigenvalue weighted by molar-refractivity contribution is 6.15. The van der Waals surface area contributed by atoms with Crippen LogP contribution in [-0.2, 0) is 4.74 Å². The number of carbonyl (C=O) groups excluding carboxylic acids is 2. The van der Waals surface area contributed by atoms with Crippen LogP contribution in [0.15, 0.2) is 54.6 Å². The second-order valence-corrected chi connectivity index (χ2v) is 9.22. The van der Waals surface area contributed by atoms with Crippen molar-refractivity contribution in [1.29, 1.82) is 0 Å². The van der Waals surface area contributed by atoms with Crippen LogP contribution < -0.4 is 16.0 Å². The Hall–Kier alpha value is -4.17. The Kier molecular flexibility index (Phi) is 7.89. The van der Waals surface area contributed by atoms with Gasteiger partial charge in [0.2, 0.25) is 0 Å². The van der Waals surface area contributed by atoms with Crippen molar-refractivity contribution in [2.75, 3.05) is 44.4 Å². The molecular formula is C29H33N5O3. The molecule has 3 N–H and O–H groups in total. The van der Waals surface area contributed by atoms with Crippen molar-refractivity contribution in [2.24, 2.45) is 0 Å². The topological polar surface area (TPSA) is 95.6 Å². The summed E-state index contributed by atoms with van der Waals surface area (Å²) >= 11 is 0. The molecule has 192 valence electrons. The molecule has 37 heavy (non-hydrogen) atoms. The molecule has 0 saturated carbocycles. The molecule has 4 aromatic rings. The summed E-state index contributed by atoms with van der Waals surface area (Å²) < 4.78 is 5.02. The van der Waals surface area contributed by atoms with E-state index in [0.717, 1.165) is 45.3 Å². The minimum Gasteiger partial charge on any atom is -0.450 e. The number of amides is 2. The molecule has 3 aromatic carbocycles. The van der Waals surface area contributed by atoms with Crippen LogP contribution in [0.2, 0.25) is 0 Å². The zero-order valence-corrected chi connectivity index (χ0v) is 21.9. The van der Waals surface area contributed by atoms with Gasteiger partial charge in [-0.15, -0.1) is 0 Å². The smallest absolute Gasteiger partial charge is 0.411 e. The van der Waals surface area contributed by atoms with Crippen LogP contribution in [0.3, 0.4) is 0 Å². The van der Waals surface area contributed by atoms with Crippen LogP contribution >= 0.6 is 0 Å². The van der Waals surface area contributed by atoms with Crippen LogP contribution in [0.1, 0.15) is 28.4 Å². The van der Waals surface area contributed by atoms with Crippen molar-refractivity contribution >= 4 is 50.9 Å². The number of nitrogens with zero attached hydrogens (tertiary/aromatic N) is 2. The molecule has 2 amide bonds. The maximum Gasteiger partial charge on any atom is 0.411 e. The average molecular weight is 500 g/mol. The lowest BCUT2D eigenvalue weighted by atomic mass is 10.0. The Bertz CT molecular complexity index is 1470. The summed E-state index contributed by atoms with van der Waals surface area (Å²) in [5.41, 5.74) is 6.29. The van der Waals surface area contributed by atoms with Crippen molar-refractivity contribution in [2.45, 2.75) is 20.8 Å². The zero-order valence-electron chi connectivity index (χ0n) is 21.9. The maximum absolute atomic E-state index is 13.1. The molecule has 0 unspecified atom stereocenters. The summed E-state index contributed by atoms with van der Waals surface area (Å²) in [6, 6.07) is 17.3. The van der Waals surface area contributed by atoms with E-state index in [9.17, 15) is 9.59 Å². The molecule has 0 aliphatic carbocycles. The predicted molar refractivity (Wildman–Crippen MR) is 150 cm³/mol. The number of benzene rings is 3. The Morgan fingerprint density at radius 3 is 2.41 bits per heavy atom. The molecule has 1 aromatic heterocycles. The molecule has 8 heteroatoms. The lowest BCUT2D eigenvalue weighted by Crippen LogP contribution is -2.31. The number of ether oxygens (including phenoxy) is 1. The van der Waals surface area contributed by atoms with Gasteiger partial charge >= 0.3 is 6.09 Å². The fraction of sp³-hybridized carbons (Fsp3) is 0.276. The van der Waals surface area contributed by atoms with E-state index >= 15 is 0 Å². The van der Waals surface area contributed by atoms with E-state index in [1.165, 1.54) is 0 Å². The standard InChI is InChI=1S/C29H33N5O3/c1-6-37-29(36)31-20-14-13-18(2)24(17-20)32-26-21-10-7-9-19(3)25(21)33-27-22(26)11-8-12-23(27)28(35)30-15-16-34(4)5/h7-14,17H,6,15-16H2,1-5H3,(H,30,35)(H,31,36)(H,32,33). The SMILES string of the molecule is CCOC(=O)Nc1ccc(C)c(Nc2c3cccc(C)c3nc3c(C(=O)NCCN(C)C)cccc23)c1. The quantitative estimate of drug-likeness (QED) is 0.273. The molecule has 0 bridgehead atoms. The number of nitrogens with one attached hydrogen (secondary N) is 3. The molecule has 0 aliphatic heterocycles. The molecule has 0 radical (unpaired) electrons. The molecule has 0 fully saturated rings. The number of hydrogen-bond acceptors (Lipinski definition) is 6. The summed E-state index contributed by atoms with van der Waals surface area (Å²) in [6.45, 7) is 7.35. The first-order valence-electron chi connectivity index (χ1n) is 12.3. The van der Waals surface area contributed by atoms with Crippen molar-refractivity contribution in [3.05, 3.63) is 71.3 Å². The summed E-state index contributed by atoms with van der Waals surface area (Å²) in [4.78, 5) is 32.1. The number of para-hydroxylation sites is 2. The van der Waals surface area contributed by atoms with Crippen molar-refractivity contribution in [3.8, 4) is 0 Å². The number of hydrogen-bond donors (Lipinski definition) is 3. The number of fused-ring (bicyclic) bond motifs is 2. The fourth-order valence-corrected chi connectivity index (χ4v) is 4.19. The Morgan fingerprint density at radius 1 is 0.946 bits per heavy atom. The van der Waals surface area contributed by atoms with Crippen LogP contribution in [0, 0.1) is 13.8 Å². The highest BCUT2D eigenvalue weighted by Crippen LogP contribution is 2.36. The molecule has 4 rings (SSSR count). The molecule has 0 atom stereocenters. The van der Waals surface area contributed by atoms with Gasteiger partial charge in [0.1, 0.15) is 0 Å². The highest BCUT2D eigenvalue weighted by atomic mass is 16.5. The van der Waals surface area contributed by atoms with Crippen molar-refractivity contribution in [1.82, 2.24) is 15.2 Å². The van der Waals surface area contributed by atoms with E-state index in [2.05, 4.69) is 16.0 Å². The van der Waals surface area contributed by atoms with Gasteiger partial charge in [0.05, 0.1) is 28.9 Å². The van der Waals surface area contributed by atoms with E-state index in [-0.39, 0.29) is 5.91 Å². The van der Waals surface area contributed by atoms with Gasteiger partial charge in [0.15, 0.2) is 0 Å². The third kappa shape index (κ3) is 5.81. The summed E-state index contributed by atoms with van der Waals surface area (Å²) in [5, 5.41) is 11.1. The van der Waals surface area contributed by atoms with Crippen molar-refractivity contribution in [3.63, 3.8) is 0 Å². The number of likely N-dealkylation sites (N-methyl/N-ethyl adjacent to an activating group) is 1. The van der Waals surface area contributed by atoms with E-state index in [4.69, 9.17) is 9.72 Å². The van der Waals surface area contributed by atoms with Gasteiger partial charge in [-0.25, -0.2) is 9.78 Å². The normalized spacial score (nSPS) is 11.1. The lowest BCUT2D eigenvalue weighted by Gasteiger charge is -2.18. The average Bonchev–Trinajstić information content (AvgIpc) is 2.86. The monoisotopic (exact) mass is 499 g/mol. The molecule has 0 saturated heterocycles. The number of carbonyl (C=O) groups is 2. The number of aryl methyl sites for hydroxylation is 2. The van der Waals surface area contributed by atoms with Gasteiger partial charge in [-0.05, 0) is 64.2 Å². The van der Waals surface area contributed by atoms with Gasteiger partial charge in [-0.3, -0.25) is 10.1 Å². The largest absolute Gasteiger partial charge is 0.450 e. The van der Waals surface area contributed by atoms with E-state index in [1.54, 1.807) is 6.92 Å². The molecule has 0 aliphatic rings. The lowest BCUT2D eigenvalue weighted by molar-refractivity contribution is 0.0952. The second-order valence-electron chi connectivity index (χ2n) is 9.22. The first-order chi connectivity index (χ1) is 17.8. The summed E-state index contributed by atoms with van der Waals surface area (Å²) in [5.74, 6) is -0.157. The van der Waals surface area contributed by atoms with Crippen molar-refractivity contribution < 1.29 is 14.3 Å². The van der Waals surface area contributed by atoms with E-state index in [0.29, 0.717) is 29.9 Å². The minimum atomic E-state index is -0.502. The van der Waals surface area contributed by atoms with Gasteiger partial charge in [-0.1, -0.05) is 36.4 Å². The summed E-state index contributed by atoms with van der Waals surface area (Å²) in [6.07, 6.45) is -0.502. The van der Waals surface area contributed by atoms with Gasteiger partial charge in [-0.2, -0.15) is 0 Å². The molecule has 0 spiro atoms. The highest BCUT2D eigenvalue weighted by Gasteiger charge is 2.18. The third-order valence-corrected chi connectivity index (χ3v) is 6.14. The zero-order chi connectivity index (χ0) is 26.5. The van der Waals surface area contributed by atoms with Crippen LogP contribution in [0.25, 0.3) is 21.8 Å². The predicted octanol–water partition coefficient (Wildman–Crippen LogP) is 5.61.